The van der Waals surface area contributed by atoms with Crippen molar-refractivity contribution in [1.82, 2.24) is 0 Å². The third kappa shape index (κ3) is 4.05. The number of aryl methyl sites for hydroxylation is 1. The van der Waals surface area contributed by atoms with E-state index in [9.17, 15) is 9.59 Å². The van der Waals surface area contributed by atoms with Gasteiger partial charge < -0.3 is 19.2 Å². The van der Waals surface area contributed by atoms with Crippen LogP contribution < -0.4 is 14.8 Å². The summed E-state index contributed by atoms with van der Waals surface area (Å²) in [5, 5.41) is 4.15. The van der Waals surface area contributed by atoms with Crippen molar-refractivity contribution in [3.05, 3.63) is 88.1 Å². The highest BCUT2D eigenvalue weighted by Gasteiger charge is 2.21. The molecular formula is C25H20ClNO5. The number of hydrogen-bond acceptors (Lipinski definition) is 5. The SMILES string of the molecule is COc1ccc(C(=O)c2oc3ccc(NC(=O)c4ccc(Cl)cc4)cc3c2C)cc1OC. The lowest BCUT2D eigenvalue weighted by Gasteiger charge is -2.08. The number of fused-ring (bicyclic) bond motifs is 1. The lowest BCUT2D eigenvalue weighted by molar-refractivity contribution is 0.101. The fourth-order valence-electron chi connectivity index (χ4n) is 3.43. The highest BCUT2D eigenvalue weighted by molar-refractivity contribution is 6.30. The van der Waals surface area contributed by atoms with Crippen LogP contribution in [0.5, 0.6) is 11.5 Å². The van der Waals surface area contributed by atoms with Gasteiger partial charge in [-0.25, -0.2) is 0 Å². The van der Waals surface area contributed by atoms with Crippen molar-refractivity contribution in [2.24, 2.45) is 0 Å². The first kappa shape index (κ1) is 21.5. The number of ketones is 1. The molecule has 6 nitrogen and oxygen atoms in total. The molecule has 1 heterocycles. The lowest BCUT2D eigenvalue weighted by Crippen LogP contribution is -2.11. The number of ether oxygens (including phenoxy) is 2. The number of carbonyl (C=O) groups is 2. The van der Waals surface area contributed by atoms with E-state index in [-0.39, 0.29) is 17.5 Å². The quantitative estimate of drug-likeness (QED) is 0.371. The second-order valence-corrected chi connectivity index (χ2v) is 7.56. The number of halogens is 1. The molecular weight excluding hydrogens is 430 g/mol. The predicted molar refractivity (Wildman–Crippen MR) is 123 cm³/mol. The van der Waals surface area contributed by atoms with Gasteiger partial charge in [0.1, 0.15) is 5.58 Å². The largest absolute Gasteiger partial charge is 0.493 e. The zero-order chi connectivity index (χ0) is 22.8. The summed E-state index contributed by atoms with van der Waals surface area (Å²) in [6.07, 6.45) is 0. The minimum absolute atomic E-state index is 0.230. The summed E-state index contributed by atoms with van der Waals surface area (Å²) in [5.41, 5.74) is 2.73. The molecule has 1 aromatic heterocycles. The minimum Gasteiger partial charge on any atom is -0.493 e. The first-order valence-electron chi connectivity index (χ1n) is 9.78. The number of rotatable bonds is 6. The van der Waals surface area contributed by atoms with E-state index < -0.39 is 0 Å². The minimum atomic E-state index is -0.272. The van der Waals surface area contributed by atoms with Crippen LogP contribution in [0.15, 0.2) is 65.1 Å². The molecule has 0 bridgehead atoms. The third-order valence-corrected chi connectivity index (χ3v) is 5.40. The standard InChI is InChI=1S/C25H20ClNO5/c1-14-19-13-18(27-25(29)15-4-7-17(26)8-5-15)9-11-20(19)32-24(14)23(28)16-6-10-21(30-2)22(12-16)31-3/h4-13H,1-3H3,(H,27,29). The average Bonchev–Trinajstić information content (AvgIpc) is 3.14. The number of carbonyl (C=O) groups excluding carboxylic acids is 2. The van der Waals surface area contributed by atoms with Gasteiger partial charge in [-0.3, -0.25) is 9.59 Å². The number of hydrogen-bond donors (Lipinski definition) is 1. The Kier molecular flexibility index (Phi) is 5.88. The summed E-state index contributed by atoms with van der Waals surface area (Å²) in [5.74, 6) is 0.689. The van der Waals surface area contributed by atoms with E-state index in [0.29, 0.717) is 44.5 Å². The van der Waals surface area contributed by atoms with E-state index >= 15 is 0 Å². The van der Waals surface area contributed by atoms with Crippen LogP contribution in [-0.2, 0) is 0 Å². The summed E-state index contributed by atoms with van der Waals surface area (Å²) in [4.78, 5) is 25.6. The van der Waals surface area contributed by atoms with E-state index in [1.807, 2.05) is 6.92 Å². The van der Waals surface area contributed by atoms with Gasteiger partial charge in [0.2, 0.25) is 5.78 Å². The van der Waals surface area contributed by atoms with Crippen LogP contribution in [-0.4, -0.2) is 25.9 Å². The molecule has 4 aromatic rings. The Morgan fingerprint density at radius 3 is 2.25 bits per heavy atom. The maximum absolute atomic E-state index is 13.1. The summed E-state index contributed by atoms with van der Waals surface area (Å²) in [7, 11) is 3.05. The Labute approximate surface area is 189 Å². The smallest absolute Gasteiger partial charge is 0.255 e. The predicted octanol–water partition coefficient (Wildman–Crippen LogP) is 5.90. The molecule has 0 saturated heterocycles. The van der Waals surface area contributed by atoms with Crippen molar-refractivity contribution < 1.29 is 23.5 Å². The van der Waals surface area contributed by atoms with Crippen LogP contribution >= 0.6 is 11.6 Å². The number of furan rings is 1. The van der Waals surface area contributed by atoms with Crippen molar-refractivity contribution in [3.63, 3.8) is 0 Å². The zero-order valence-electron chi connectivity index (χ0n) is 17.7. The molecule has 0 unspecified atom stereocenters. The lowest BCUT2D eigenvalue weighted by atomic mass is 10.0. The molecule has 4 rings (SSSR count). The summed E-state index contributed by atoms with van der Waals surface area (Å²) >= 11 is 5.88. The van der Waals surface area contributed by atoms with Gasteiger partial charge in [0.15, 0.2) is 17.3 Å². The van der Waals surface area contributed by atoms with Gasteiger partial charge >= 0.3 is 0 Å². The number of nitrogens with one attached hydrogen (secondary N) is 1. The maximum Gasteiger partial charge on any atom is 0.255 e. The van der Waals surface area contributed by atoms with Crippen LogP contribution in [0.4, 0.5) is 5.69 Å². The van der Waals surface area contributed by atoms with Gasteiger partial charge in [-0.15, -0.1) is 0 Å². The van der Waals surface area contributed by atoms with Crippen LogP contribution in [0.1, 0.15) is 32.0 Å². The second kappa shape index (κ2) is 8.77. The van der Waals surface area contributed by atoms with Crippen molar-refractivity contribution in [2.75, 3.05) is 19.5 Å². The normalized spacial score (nSPS) is 10.8. The third-order valence-electron chi connectivity index (χ3n) is 5.15. The Balaban J connectivity index is 1.64. The molecule has 0 saturated carbocycles. The maximum atomic E-state index is 13.1. The highest BCUT2D eigenvalue weighted by Crippen LogP contribution is 2.32. The van der Waals surface area contributed by atoms with Crippen LogP contribution in [0.25, 0.3) is 11.0 Å². The first-order valence-corrected chi connectivity index (χ1v) is 10.2. The molecule has 0 aliphatic carbocycles. The van der Waals surface area contributed by atoms with Gasteiger partial charge in [-0.05, 0) is 67.6 Å². The fraction of sp³-hybridized carbons (Fsp3) is 0.120. The number of amides is 1. The summed E-state index contributed by atoms with van der Waals surface area (Å²) < 4.78 is 16.4. The van der Waals surface area contributed by atoms with Crippen molar-refractivity contribution >= 4 is 39.9 Å². The number of anilines is 1. The van der Waals surface area contributed by atoms with Gasteiger partial charge in [0.05, 0.1) is 14.2 Å². The molecule has 0 fully saturated rings. The Morgan fingerprint density at radius 1 is 0.875 bits per heavy atom. The van der Waals surface area contributed by atoms with Crippen molar-refractivity contribution in [2.45, 2.75) is 6.92 Å². The molecule has 0 aliphatic rings. The molecule has 0 radical (unpaired) electrons. The van der Waals surface area contributed by atoms with E-state index in [1.165, 1.54) is 14.2 Å². The van der Waals surface area contributed by atoms with Crippen LogP contribution in [0.2, 0.25) is 5.02 Å². The molecule has 0 aliphatic heterocycles. The molecule has 162 valence electrons. The van der Waals surface area contributed by atoms with Crippen LogP contribution in [0.3, 0.4) is 0 Å². The fourth-order valence-corrected chi connectivity index (χ4v) is 3.55. The number of benzene rings is 3. The van der Waals surface area contributed by atoms with E-state index in [1.54, 1.807) is 60.7 Å². The summed E-state index contributed by atoms with van der Waals surface area (Å²) in [6.45, 7) is 1.81. The van der Waals surface area contributed by atoms with Gasteiger partial charge in [-0.2, -0.15) is 0 Å². The molecule has 0 spiro atoms. The highest BCUT2D eigenvalue weighted by atomic mass is 35.5. The van der Waals surface area contributed by atoms with Gasteiger partial charge in [0.25, 0.3) is 5.91 Å². The Morgan fingerprint density at radius 2 is 1.56 bits per heavy atom. The second-order valence-electron chi connectivity index (χ2n) is 7.13. The average molecular weight is 450 g/mol. The molecule has 1 N–H and O–H groups in total. The zero-order valence-corrected chi connectivity index (χ0v) is 18.4. The van der Waals surface area contributed by atoms with E-state index in [4.69, 9.17) is 25.5 Å². The topological polar surface area (TPSA) is 77.8 Å². The van der Waals surface area contributed by atoms with Crippen molar-refractivity contribution in [1.29, 1.82) is 0 Å². The van der Waals surface area contributed by atoms with Crippen molar-refractivity contribution in [3.8, 4) is 11.5 Å². The number of methoxy groups -OCH3 is 2. The molecule has 0 atom stereocenters. The Bertz CT molecular complexity index is 1320. The molecule has 32 heavy (non-hydrogen) atoms. The first-order chi connectivity index (χ1) is 15.4. The summed E-state index contributed by atoms with van der Waals surface area (Å²) in [6, 6.07) is 16.8. The molecule has 1 amide bonds. The molecule has 3 aromatic carbocycles. The van der Waals surface area contributed by atoms with Crippen LogP contribution in [0, 0.1) is 6.92 Å². The van der Waals surface area contributed by atoms with E-state index in [2.05, 4.69) is 5.32 Å². The van der Waals surface area contributed by atoms with E-state index in [0.717, 1.165) is 5.39 Å². The molecule has 7 heteroatoms. The van der Waals surface area contributed by atoms with Gasteiger partial charge in [0, 0.05) is 32.8 Å². The Hall–Kier alpha value is -3.77. The monoisotopic (exact) mass is 449 g/mol. The van der Waals surface area contributed by atoms with Gasteiger partial charge in [-0.1, -0.05) is 11.6 Å².